The van der Waals surface area contributed by atoms with Gasteiger partial charge in [0.1, 0.15) is 17.2 Å². The summed E-state index contributed by atoms with van der Waals surface area (Å²) in [4.78, 5) is 16.9. The van der Waals surface area contributed by atoms with Crippen LogP contribution in [0.3, 0.4) is 0 Å². The number of fused-ring (bicyclic) bond motifs is 1. The van der Waals surface area contributed by atoms with Gasteiger partial charge in [-0.3, -0.25) is 0 Å². The van der Waals surface area contributed by atoms with Crippen LogP contribution >= 0.6 is 0 Å². The maximum Gasteiger partial charge on any atom is 0.319 e. The van der Waals surface area contributed by atoms with Gasteiger partial charge in [-0.1, -0.05) is 11.2 Å². The largest absolute Gasteiger partial charge is 0.359 e. The molecule has 0 radical (unpaired) electrons. The molecule has 0 saturated heterocycles. The quantitative estimate of drug-likeness (QED) is 0.763. The smallest absolute Gasteiger partial charge is 0.319 e. The normalized spacial score (nSPS) is 14.0. The highest BCUT2D eigenvalue weighted by Crippen LogP contribution is 2.44. The van der Waals surface area contributed by atoms with Crippen molar-refractivity contribution in [2.24, 2.45) is 7.05 Å². The van der Waals surface area contributed by atoms with Crippen LogP contribution in [0, 0.1) is 13.8 Å². The van der Waals surface area contributed by atoms with Crippen LogP contribution in [0.1, 0.15) is 41.6 Å². The molecule has 7 heteroatoms. The Morgan fingerprint density at radius 3 is 2.92 bits per heavy atom. The van der Waals surface area contributed by atoms with Gasteiger partial charge in [0, 0.05) is 13.0 Å². The highest BCUT2D eigenvalue weighted by Gasteiger charge is 2.32. The Labute approximate surface area is 145 Å². The monoisotopic (exact) mass is 339 g/mol. The number of hydrogen-bond donors (Lipinski definition) is 2. The summed E-state index contributed by atoms with van der Waals surface area (Å²) >= 11 is 0. The first-order valence-corrected chi connectivity index (χ1v) is 8.46. The summed E-state index contributed by atoms with van der Waals surface area (Å²) in [7, 11) is 1.95. The molecule has 130 valence electrons. The Morgan fingerprint density at radius 2 is 2.16 bits per heavy atom. The third-order valence-corrected chi connectivity index (χ3v) is 4.61. The Morgan fingerprint density at radius 1 is 1.36 bits per heavy atom. The molecule has 2 aromatic heterocycles. The minimum Gasteiger partial charge on any atom is -0.359 e. The maximum atomic E-state index is 12.3. The van der Waals surface area contributed by atoms with Gasteiger partial charge in [-0.05, 0) is 44.4 Å². The van der Waals surface area contributed by atoms with Gasteiger partial charge in [-0.15, -0.1) is 0 Å². The molecule has 1 fully saturated rings. The summed E-state index contributed by atoms with van der Waals surface area (Å²) < 4.78 is 7.34. The Kier molecular flexibility index (Phi) is 3.71. The van der Waals surface area contributed by atoms with Crippen LogP contribution < -0.4 is 10.6 Å². The van der Waals surface area contributed by atoms with Crippen LogP contribution in [0.5, 0.6) is 0 Å². The van der Waals surface area contributed by atoms with E-state index in [4.69, 9.17) is 4.52 Å². The standard InChI is InChI=1S/C18H21N5O2/c1-10-4-7-14-13(8-10)20-15(23(14)3)9-19-18(24)21-16-11(2)22-25-17(16)12-5-6-12/h4,7-8,12H,5-6,9H2,1-3H3,(H2,19,21,24). The fourth-order valence-electron chi connectivity index (χ4n) is 3.00. The molecular weight excluding hydrogens is 318 g/mol. The minimum absolute atomic E-state index is 0.281. The molecule has 7 nitrogen and oxygen atoms in total. The lowest BCUT2D eigenvalue weighted by atomic mass is 10.2. The first-order valence-electron chi connectivity index (χ1n) is 8.46. The molecule has 2 amide bonds. The second-order valence-electron chi connectivity index (χ2n) is 6.67. The van der Waals surface area contributed by atoms with Gasteiger partial charge in [-0.2, -0.15) is 0 Å². The molecule has 25 heavy (non-hydrogen) atoms. The first-order chi connectivity index (χ1) is 12.0. The van der Waals surface area contributed by atoms with Gasteiger partial charge in [-0.25, -0.2) is 9.78 Å². The number of nitrogens with one attached hydrogen (secondary N) is 2. The molecule has 0 unspecified atom stereocenters. The van der Waals surface area contributed by atoms with Gasteiger partial charge in [0.15, 0.2) is 5.76 Å². The number of hydrogen-bond acceptors (Lipinski definition) is 4. The average molecular weight is 339 g/mol. The van der Waals surface area contributed by atoms with E-state index < -0.39 is 0 Å². The van der Waals surface area contributed by atoms with Crippen molar-refractivity contribution in [1.82, 2.24) is 20.0 Å². The number of anilines is 1. The molecule has 1 aliphatic carbocycles. The maximum absolute atomic E-state index is 12.3. The van der Waals surface area contributed by atoms with E-state index in [9.17, 15) is 4.79 Å². The molecule has 1 aliphatic rings. The number of urea groups is 1. The van der Waals surface area contributed by atoms with E-state index in [0.29, 0.717) is 23.8 Å². The third-order valence-electron chi connectivity index (χ3n) is 4.61. The zero-order valence-corrected chi connectivity index (χ0v) is 14.6. The van der Waals surface area contributed by atoms with E-state index in [1.54, 1.807) is 0 Å². The molecule has 4 rings (SSSR count). The number of aromatic nitrogens is 3. The van der Waals surface area contributed by atoms with Crippen LogP contribution in [0.25, 0.3) is 11.0 Å². The number of imidazole rings is 1. The van der Waals surface area contributed by atoms with Crippen molar-refractivity contribution in [3.8, 4) is 0 Å². The minimum atomic E-state index is -0.281. The van der Waals surface area contributed by atoms with Gasteiger partial charge in [0.25, 0.3) is 0 Å². The van der Waals surface area contributed by atoms with E-state index in [1.165, 1.54) is 5.56 Å². The molecule has 3 aromatic rings. The van der Waals surface area contributed by atoms with Crippen LogP contribution in [-0.4, -0.2) is 20.7 Å². The number of benzene rings is 1. The van der Waals surface area contributed by atoms with Crippen molar-refractivity contribution < 1.29 is 9.32 Å². The fraction of sp³-hybridized carbons (Fsp3) is 0.389. The van der Waals surface area contributed by atoms with Crippen molar-refractivity contribution in [2.45, 2.75) is 39.2 Å². The number of aryl methyl sites for hydroxylation is 3. The summed E-state index contributed by atoms with van der Waals surface area (Å²) in [6.07, 6.45) is 2.18. The highest BCUT2D eigenvalue weighted by molar-refractivity contribution is 5.90. The van der Waals surface area contributed by atoms with Gasteiger partial charge in [0.05, 0.1) is 17.6 Å². The number of carbonyl (C=O) groups is 1. The zero-order valence-electron chi connectivity index (χ0n) is 14.6. The molecule has 2 heterocycles. The topological polar surface area (TPSA) is 85.0 Å². The lowest BCUT2D eigenvalue weighted by Crippen LogP contribution is -2.29. The van der Waals surface area contributed by atoms with Crippen LogP contribution in [0.2, 0.25) is 0 Å². The third kappa shape index (κ3) is 2.97. The van der Waals surface area contributed by atoms with Crippen LogP contribution in [0.4, 0.5) is 10.5 Å². The molecule has 2 N–H and O–H groups in total. The van der Waals surface area contributed by atoms with Gasteiger partial charge in [0.2, 0.25) is 0 Å². The molecule has 0 atom stereocenters. The average Bonchev–Trinajstić information content (AvgIpc) is 3.29. The lowest BCUT2D eigenvalue weighted by molar-refractivity contribution is 0.251. The summed E-state index contributed by atoms with van der Waals surface area (Å²) in [5.74, 6) is 1.98. The van der Waals surface area contributed by atoms with Crippen molar-refractivity contribution in [1.29, 1.82) is 0 Å². The number of carbonyl (C=O) groups excluding carboxylic acids is 1. The second kappa shape index (κ2) is 5.91. The lowest BCUT2D eigenvalue weighted by Gasteiger charge is -2.08. The predicted molar refractivity (Wildman–Crippen MR) is 94.5 cm³/mol. The molecule has 0 spiro atoms. The van der Waals surface area contributed by atoms with Crippen molar-refractivity contribution >= 4 is 22.8 Å². The molecular formula is C18H21N5O2. The van der Waals surface area contributed by atoms with Crippen molar-refractivity contribution in [3.05, 3.63) is 41.0 Å². The molecule has 0 aliphatic heterocycles. The van der Waals surface area contributed by atoms with Crippen LogP contribution in [0.15, 0.2) is 22.7 Å². The first kappa shape index (κ1) is 15.7. The summed E-state index contributed by atoms with van der Waals surface area (Å²) in [6, 6.07) is 5.86. The predicted octanol–water partition coefficient (Wildman–Crippen LogP) is 3.38. The molecule has 1 saturated carbocycles. The fourth-order valence-corrected chi connectivity index (χ4v) is 3.00. The van der Waals surface area contributed by atoms with E-state index in [2.05, 4.69) is 26.8 Å². The van der Waals surface area contributed by atoms with E-state index >= 15 is 0 Å². The Bertz CT molecular complexity index is 952. The van der Waals surface area contributed by atoms with E-state index in [-0.39, 0.29) is 6.03 Å². The molecule has 1 aromatic carbocycles. The van der Waals surface area contributed by atoms with E-state index in [0.717, 1.165) is 35.5 Å². The SMILES string of the molecule is Cc1ccc2c(c1)nc(CNC(=O)Nc1c(C)noc1C1CC1)n2C. The van der Waals surface area contributed by atoms with Crippen molar-refractivity contribution in [2.75, 3.05) is 5.32 Å². The summed E-state index contributed by atoms with van der Waals surface area (Å²) in [5.41, 5.74) is 4.55. The van der Waals surface area contributed by atoms with Gasteiger partial charge < -0.3 is 19.7 Å². The van der Waals surface area contributed by atoms with Gasteiger partial charge >= 0.3 is 6.03 Å². The highest BCUT2D eigenvalue weighted by atomic mass is 16.5. The van der Waals surface area contributed by atoms with Crippen LogP contribution in [-0.2, 0) is 13.6 Å². The van der Waals surface area contributed by atoms with Crippen molar-refractivity contribution in [3.63, 3.8) is 0 Å². The number of nitrogens with zero attached hydrogens (tertiary/aromatic N) is 3. The Hall–Kier alpha value is -2.83. The number of amides is 2. The second-order valence-corrected chi connectivity index (χ2v) is 6.67. The zero-order chi connectivity index (χ0) is 17.6. The summed E-state index contributed by atoms with van der Waals surface area (Å²) in [6.45, 7) is 4.22. The Balaban J connectivity index is 1.46. The van der Waals surface area contributed by atoms with E-state index in [1.807, 2.05) is 37.6 Å². The summed E-state index contributed by atoms with van der Waals surface area (Å²) in [5, 5.41) is 9.70. The number of rotatable bonds is 4. The molecule has 0 bridgehead atoms.